The van der Waals surface area contributed by atoms with Crippen LogP contribution in [0.15, 0.2) is 83.5 Å². The molecule has 14 heteroatoms. The van der Waals surface area contributed by atoms with Crippen LogP contribution in [0.3, 0.4) is 0 Å². The van der Waals surface area contributed by atoms with Gasteiger partial charge in [0.15, 0.2) is 5.65 Å². The normalized spacial score (nSPS) is 16.3. The van der Waals surface area contributed by atoms with Crippen molar-refractivity contribution >= 4 is 40.3 Å². The van der Waals surface area contributed by atoms with Crippen molar-refractivity contribution in [2.75, 3.05) is 49.1 Å². The number of pyridine rings is 1. The molecule has 0 bridgehead atoms. The smallest absolute Gasteiger partial charge is 0.328 e. The average Bonchev–Trinajstić information content (AvgIpc) is 3.90. The minimum absolute atomic E-state index is 0.0197. The van der Waals surface area contributed by atoms with E-state index in [0.717, 1.165) is 77.3 Å². The van der Waals surface area contributed by atoms with Gasteiger partial charge in [-0.05, 0) is 78.4 Å². The molecular weight excluding hydrogens is 745 g/mol. The van der Waals surface area contributed by atoms with Gasteiger partial charge in [0, 0.05) is 85.2 Å². The van der Waals surface area contributed by atoms with Gasteiger partial charge in [-0.15, -0.1) is 0 Å². The van der Waals surface area contributed by atoms with E-state index in [4.69, 9.17) is 9.51 Å². The quantitative estimate of drug-likeness (QED) is 0.130. The third kappa shape index (κ3) is 8.44. The van der Waals surface area contributed by atoms with E-state index in [2.05, 4.69) is 96.2 Å². The van der Waals surface area contributed by atoms with Crippen LogP contribution in [0.5, 0.6) is 0 Å². The number of H-pyrrole nitrogens is 1. The monoisotopic (exact) mass is 794 g/mol. The number of fused-ring (bicyclic) bond motifs is 1. The molecule has 2 saturated heterocycles. The van der Waals surface area contributed by atoms with Crippen LogP contribution in [-0.2, 0) is 10.2 Å². The Morgan fingerprint density at radius 1 is 0.881 bits per heavy atom. The number of rotatable bonds is 10. The fourth-order valence-electron chi connectivity index (χ4n) is 7.89. The van der Waals surface area contributed by atoms with Gasteiger partial charge in [-0.25, -0.2) is 9.78 Å². The van der Waals surface area contributed by atoms with E-state index in [1.165, 1.54) is 11.3 Å². The summed E-state index contributed by atoms with van der Waals surface area (Å²) in [5.41, 5.74) is 9.45. The Hall–Kier alpha value is -6.41. The van der Waals surface area contributed by atoms with E-state index in [1.54, 1.807) is 4.90 Å². The van der Waals surface area contributed by atoms with Gasteiger partial charge in [0.1, 0.15) is 5.69 Å². The minimum Gasteiger partial charge on any atom is -0.369 e. The fraction of sp³-hybridized carbons (Fsp3) is 0.356. The first kappa shape index (κ1) is 39.4. The van der Waals surface area contributed by atoms with Crippen LogP contribution in [0.2, 0.25) is 0 Å². The Balaban J connectivity index is 0.874. The third-order valence-corrected chi connectivity index (χ3v) is 11.3. The molecule has 5 heterocycles. The summed E-state index contributed by atoms with van der Waals surface area (Å²) in [4.78, 5) is 52.3. The molecule has 14 nitrogen and oxygen atoms in total. The van der Waals surface area contributed by atoms with Crippen LogP contribution in [0.25, 0.3) is 33.4 Å². The first-order valence-electron chi connectivity index (χ1n) is 20.2. The Labute approximate surface area is 343 Å². The Kier molecular flexibility index (Phi) is 10.7. The van der Waals surface area contributed by atoms with E-state index in [0.29, 0.717) is 30.4 Å². The summed E-state index contributed by atoms with van der Waals surface area (Å²) < 4.78 is 5.31. The van der Waals surface area contributed by atoms with Crippen molar-refractivity contribution in [1.29, 1.82) is 0 Å². The van der Waals surface area contributed by atoms with Crippen molar-refractivity contribution in [1.82, 2.24) is 40.9 Å². The topological polar surface area (TPSA) is 165 Å². The molecule has 2 unspecified atom stereocenters. The van der Waals surface area contributed by atoms with Gasteiger partial charge >= 0.3 is 6.03 Å². The van der Waals surface area contributed by atoms with Gasteiger partial charge in [0.25, 0.3) is 11.7 Å². The molecule has 3 aromatic carbocycles. The molecule has 0 aliphatic carbocycles. The van der Waals surface area contributed by atoms with Crippen LogP contribution < -0.4 is 20.4 Å². The molecule has 0 radical (unpaired) electrons. The molecule has 0 spiro atoms. The number of aryl methyl sites for hydroxylation is 1. The lowest BCUT2D eigenvalue weighted by atomic mass is 9.97. The van der Waals surface area contributed by atoms with E-state index in [9.17, 15) is 14.4 Å². The fourth-order valence-corrected chi connectivity index (χ4v) is 7.89. The minimum atomic E-state index is -0.387. The average molecular weight is 795 g/mol. The number of nitrogens with one attached hydrogen (secondary N) is 3. The standard InChI is InChI=1S/C45H50N10O4/c1-27-23-32(11-16-36(27)29(3)47-42(57)41-49-43(59-52-41)45(4,5)6)39-37-24-33(25-46-40(37)51-50-39)31-9-12-34(13-10-31)54-21-19-53(20-22-54)26-28(2)30-7-14-35(15-8-30)55-18-17-38(56)48-44(55)58/h7-16,23-25,28-29H,17-22,26H2,1-6H3,(H,47,57)(H,46,50,51)(H,48,56,58). The number of aromatic nitrogens is 5. The summed E-state index contributed by atoms with van der Waals surface area (Å²) in [7, 11) is 0. The SMILES string of the molecule is Cc1cc(-c2n[nH]c3ncc(-c4ccc(N5CCN(CC(C)c6ccc(N7CCC(=O)NC7=O)cc6)CC5)cc4)cc23)ccc1C(C)NC(=O)c1noc(C(C)(C)C)n1. The summed E-state index contributed by atoms with van der Waals surface area (Å²) in [5.74, 6) is 0.162. The maximum atomic E-state index is 12.9. The lowest BCUT2D eigenvalue weighted by Crippen LogP contribution is -2.49. The Bertz CT molecular complexity index is 2490. The maximum absolute atomic E-state index is 12.9. The summed E-state index contributed by atoms with van der Waals surface area (Å²) >= 11 is 0. The third-order valence-electron chi connectivity index (χ3n) is 11.3. The van der Waals surface area contributed by atoms with E-state index < -0.39 is 0 Å². The van der Waals surface area contributed by atoms with Crippen molar-refractivity contribution in [2.24, 2.45) is 0 Å². The lowest BCUT2D eigenvalue weighted by molar-refractivity contribution is -0.120. The first-order chi connectivity index (χ1) is 28.3. The predicted octanol–water partition coefficient (Wildman–Crippen LogP) is 7.14. The molecule has 2 fully saturated rings. The highest BCUT2D eigenvalue weighted by Gasteiger charge is 2.27. The molecular formula is C45H50N10O4. The number of hydrogen-bond acceptors (Lipinski definition) is 10. The lowest BCUT2D eigenvalue weighted by Gasteiger charge is -2.37. The molecule has 0 saturated carbocycles. The van der Waals surface area contributed by atoms with Crippen LogP contribution in [0.4, 0.5) is 16.2 Å². The summed E-state index contributed by atoms with van der Waals surface area (Å²) in [6, 6.07) is 24.5. The molecule has 6 aromatic rings. The molecule has 2 atom stereocenters. The second kappa shape index (κ2) is 16.1. The Morgan fingerprint density at radius 2 is 1.59 bits per heavy atom. The molecule has 3 aromatic heterocycles. The Morgan fingerprint density at radius 3 is 2.27 bits per heavy atom. The number of hydrogen-bond donors (Lipinski definition) is 3. The molecule has 2 aliphatic rings. The molecule has 4 amide bonds. The first-order valence-corrected chi connectivity index (χ1v) is 20.2. The number of carbonyl (C=O) groups is 3. The van der Waals surface area contributed by atoms with Crippen molar-refractivity contribution in [3.8, 4) is 22.4 Å². The van der Waals surface area contributed by atoms with Crippen molar-refractivity contribution in [3.05, 3.63) is 107 Å². The van der Waals surface area contributed by atoms with E-state index >= 15 is 0 Å². The number of piperazine rings is 1. The highest BCUT2D eigenvalue weighted by molar-refractivity contribution is 6.05. The number of aromatic amines is 1. The zero-order valence-corrected chi connectivity index (χ0v) is 34.4. The van der Waals surface area contributed by atoms with Gasteiger partial charge in [-0.1, -0.05) is 69.2 Å². The number of urea groups is 1. The molecule has 2 aliphatic heterocycles. The second-order valence-electron chi connectivity index (χ2n) is 16.7. The number of amides is 4. The number of benzene rings is 3. The molecule has 304 valence electrons. The van der Waals surface area contributed by atoms with Crippen molar-refractivity contribution in [3.63, 3.8) is 0 Å². The molecule has 8 rings (SSSR count). The number of imide groups is 1. The predicted molar refractivity (Wildman–Crippen MR) is 227 cm³/mol. The van der Waals surface area contributed by atoms with Crippen LogP contribution in [-0.4, -0.2) is 87.3 Å². The molecule has 3 N–H and O–H groups in total. The van der Waals surface area contributed by atoms with Gasteiger partial charge in [-0.3, -0.25) is 29.8 Å². The summed E-state index contributed by atoms with van der Waals surface area (Å²) in [6.45, 7) is 17.3. The number of carbonyl (C=O) groups excluding carboxylic acids is 3. The maximum Gasteiger partial charge on any atom is 0.328 e. The van der Waals surface area contributed by atoms with Gasteiger partial charge in [0.2, 0.25) is 11.8 Å². The van der Waals surface area contributed by atoms with Crippen LogP contribution >= 0.6 is 0 Å². The van der Waals surface area contributed by atoms with Crippen LogP contribution in [0.1, 0.15) is 86.2 Å². The van der Waals surface area contributed by atoms with Gasteiger partial charge in [0.05, 0.1) is 6.04 Å². The van der Waals surface area contributed by atoms with Gasteiger partial charge in [-0.2, -0.15) is 10.1 Å². The summed E-state index contributed by atoms with van der Waals surface area (Å²) in [6.07, 6.45) is 2.20. The second-order valence-corrected chi connectivity index (χ2v) is 16.7. The number of anilines is 2. The zero-order chi connectivity index (χ0) is 41.4. The molecule has 59 heavy (non-hydrogen) atoms. The van der Waals surface area contributed by atoms with Gasteiger partial charge < -0.3 is 14.7 Å². The van der Waals surface area contributed by atoms with Crippen molar-refractivity contribution in [2.45, 2.75) is 65.3 Å². The highest BCUT2D eigenvalue weighted by Crippen LogP contribution is 2.33. The number of nitrogens with zero attached hydrogens (tertiary/aromatic N) is 7. The zero-order valence-electron chi connectivity index (χ0n) is 34.4. The van der Waals surface area contributed by atoms with Crippen LogP contribution in [0, 0.1) is 6.92 Å². The van der Waals surface area contributed by atoms with Crippen molar-refractivity contribution < 1.29 is 18.9 Å². The largest absolute Gasteiger partial charge is 0.369 e. The summed E-state index contributed by atoms with van der Waals surface area (Å²) in [5, 5.41) is 17.9. The highest BCUT2D eigenvalue weighted by atomic mass is 16.5. The van der Waals surface area contributed by atoms with E-state index in [-0.39, 0.29) is 35.1 Å². The van der Waals surface area contributed by atoms with E-state index in [1.807, 2.05) is 65.1 Å².